The van der Waals surface area contributed by atoms with Gasteiger partial charge in [0.1, 0.15) is 6.10 Å². The Hall–Kier alpha value is -3.17. The summed E-state index contributed by atoms with van der Waals surface area (Å²) in [4.78, 5) is 64.1. The standard InChI is InChI=1S/C26H32O10/c1-25-9-7-15-24(31)36-18(14-8-10-34-13-14)12-26(15,2)22(25)21(29)17(11-16(25)23(30)33-4)35-20(28)6-5-19(27)32-3/h8,10,13,15-18,22H,5-7,9,11-12H2,1-4H3/t15-,16-,17-,18-,22-,25-,26-/m0/s1. The number of esters is 4. The van der Waals surface area contributed by atoms with Crippen LogP contribution in [-0.2, 0) is 42.9 Å². The van der Waals surface area contributed by atoms with Crippen LogP contribution in [0.1, 0.15) is 64.0 Å². The highest BCUT2D eigenvalue weighted by atomic mass is 16.6. The largest absolute Gasteiger partial charge is 0.472 e. The van der Waals surface area contributed by atoms with Gasteiger partial charge >= 0.3 is 23.9 Å². The van der Waals surface area contributed by atoms with Crippen LogP contribution in [0.2, 0.25) is 0 Å². The molecule has 2 aliphatic carbocycles. The molecule has 1 saturated heterocycles. The van der Waals surface area contributed by atoms with E-state index < -0.39 is 64.7 Å². The van der Waals surface area contributed by atoms with E-state index in [2.05, 4.69) is 4.74 Å². The molecule has 2 heterocycles. The third kappa shape index (κ3) is 4.30. The first-order chi connectivity index (χ1) is 17.0. The van der Waals surface area contributed by atoms with Crippen molar-refractivity contribution in [3.8, 4) is 0 Å². The van der Waals surface area contributed by atoms with Crippen molar-refractivity contribution < 1.29 is 47.3 Å². The van der Waals surface area contributed by atoms with Crippen LogP contribution in [0.25, 0.3) is 0 Å². The molecule has 0 amide bonds. The number of carbonyl (C=O) groups excluding carboxylic acids is 5. The van der Waals surface area contributed by atoms with Gasteiger partial charge in [-0.1, -0.05) is 13.8 Å². The normalized spacial score (nSPS) is 35.6. The van der Waals surface area contributed by atoms with Gasteiger partial charge in [-0.3, -0.25) is 24.0 Å². The smallest absolute Gasteiger partial charge is 0.310 e. The third-order valence-electron chi connectivity index (χ3n) is 8.54. The summed E-state index contributed by atoms with van der Waals surface area (Å²) in [5.41, 5.74) is -0.970. The fraction of sp³-hybridized carbons (Fsp3) is 0.654. The van der Waals surface area contributed by atoms with Gasteiger partial charge in [0.2, 0.25) is 0 Å². The van der Waals surface area contributed by atoms with Crippen LogP contribution < -0.4 is 0 Å². The fourth-order valence-corrected chi connectivity index (χ4v) is 6.79. The van der Waals surface area contributed by atoms with E-state index in [0.29, 0.717) is 24.8 Å². The maximum absolute atomic E-state index is 14.0. The minimum atomic E-state index is -1.20. The molecular weight excluding hydrogens is 472 g/mol. The van der Waals surface area contributed by atoms with Gasteiger partial charge in [0, 0.05) is 17.9 Å². The van der Waals surface area contributed by atoms with Gasteiger partial charge in [-0.05, 0) is 36.2 Å². The molecule has 0 N–H and O–H groups in total. The zero-order valence-electron chi connectivity index (χ0n) is 20.9. The summed E-state index contributed by atoms with van der Waals surface area (Å²) in [6.07, 6.45) is 2.01. The first-order valence-corrected chi connectivity index (χ1v) is 12.2. The second-order valence-electron chi connectivity index (χ2n) is 10.5. The zero-order valence-corrected chi connectivity index (χ0v) is 20.9. The molecule has 3 fully saturated rings. The molecule has 10 heteroatoms. The zero-order chi connectivity index (χ0) is 26.3. The van der Waals surface area contributed by atoms with E-state index in [4.69, 9.17) is 18.6 Å². The summed E-state index contributed by atoms with van der Waals surface area (Å²) in [5.74, 6) is -4.53. The summed E-state index contributed by atoms with van der Waals surface area (Å²) >= 11 is 0. The number of carbonyl (C=O) groups is 5. The van der Waals surface area contributed by atoms with Gasteiger partial charge in [0.05, 0.1) is 51.4 Å². The Kier molecular flexibility index (Phi) is 6.99. The molecule has 0 radical (unpaired) electrons. The highest BCUT2D eigenvalue weighted by Crippen LogP contribution is 2.65. The summed E-state index contributed by atoms with van der Waals surface area (Å²) in [6.45, 7) is 3.78. The van der Waals surface area contributed by atoms with Crippen molar-refractivity contribution >= 4 is 29.7 Å². The van der Waals surface area contributed by atoms with Crippen molar-refractivity contribution in [3.05, 3.63) is 24.2 Å². The van der Waals surface area contributed by atoms with E-state index in [-0.39, 0.29) is 25.0 Å². The van der Waals surface area contributed by atoms with Crippen LogP contribution >= 0.6 is 0 Å². The molecule has 3 aliphatic rings. The molecule has 2 saturated carbocycles. The summed E-state index contributed by atoms with van der Waals surface area (Å²) in [6, 6.07) is 1.72. The van der Waals surface area contributed by atoms with Crippen molar-refractivity contribution in [2.45, 2.75) is 64.6 Å². The summed E-state index contributed by atoms with van der Waals surface area (Å²) < 4.78 is 26.1. The van der Waals surface area contributed by atoms with Gasteiger partial charge in [-0.15, -0.1) is 0 Å². The van der Waals surface area contributed by atoms with E-state index in [9.17, 15) is 24.0 Å². The Bertz CT molecular complexity index is 1050. The predicted octanol–water partition coefficient (Wildman–Crippen LogP) is 2.93. The topological polar surface area (TPSA) is 135 Å². The average Bonchev–Trinajstić information content (AvgIpc) is 3.38. The monoisotopic (exact) mass is 504 g/mol. The highest BCUT2D eigenvalue weighted by Gasteiger charge is 2.67. The lowest BCUT2D eigenvalue weighted by molar-refractivity contribution is -0.210. The number of hydrogen-bond acceptors (Lipinski definition) is 10. The van der Waals surface area contributed by atoms with Crippen molar-refractivity contribution in [2.75, 3.05) is 14.2 Å². The van der Waals surface area contributed by atoms with E-state index in [1.165, 1.54) is 26.7 Å². The minimum absolute atomic E-state index is 0.0151. The fourth-order valence-electron chi connectivity index (χ4n) is 6.79. The molecule has 0 aromatic carbocycles. The molecule has 1 aliphatic heterocycles. The molecule has 10 nitrogen and oxygen atoms in total. The second kappa shape index (κ2) is 9.71. The van der Waals surface area contributed by atoms with Crippen LogP contribution in [0, 0.1) is 28.6 Å². The lowest BCUT2D eigenvalue weighted by atomic mass is 9.43. The van der Waals surface area contributed by atoms with Crippen molar-refractivity contribution in [2.24, 2.45) is 28.6 Å². The number of fused-ring (bicyclic) bond motifs is 3. The number of ketones is 1. The van der Waals surface area contributed by atoms with Crippen LogP contribution in [0.3, 0.4) is 0 Å². The molecule has 0 bridgehead atoms. The number of methoxy groups -OCH3 is 2. The molecule has 4 rings (SSSR count). The Morgan fingerprint density at radius 1 is 1.06 bits per heavy atom. The molecule has 0 unspecified atom stereocenters. The first-order valence-electron chi connectivity index (χ1n) is 12.2. The Labute approximate surface area is 208 Å². The summed E-state index contributed by atoms with van der Waals surface area (Å²) in [5, 5.41) is 0. The maximum atomic E-state index is 14.0. The molecule has 1 aromatic rings. The van der Waals surface area contributed by atoms with Gasteiger partial charge in [-0.25, -0.2) is 0 Å². The van der Waals surface area contributed by atoms with Crippen LogP contribution in [0.4, 0.5) is 0 Å². The number of hydrogen-bond donors (Lipinski definition) is 0. The van der Waals surface area contributed by atoms with E-state index in [0.717, 1.165) is 0 Å². The molecule has 196 valence electrons. The second-order valence-corrected chi connectivity index (χ2v) is 10.5. The molecular formula is C26H32O10. The number of ether oxygens (including phenoxy) is 4. The van der Waals surface area contributed by atoms with Crippen molar-refractivity contribution in [1.29, 1.82) is 0 Å². The van der Waals surface area contributed by atoms with Crippen molar-refractivity contribution in [1.82, 2.24) is 0 Å². The Morgan fingerprint density at radius 2 is 1.78 bits per heavy atom. The van der Waals surface area contributed by atoms with Crippen LogP contribution in [0.5, 0.6) is 0 Å². The highest BCUT2D eigenvalue weighted by molar-refractivity contribution is 5.93. The Balaban J connectivity index is 1.69. The number of Topliss-reactive ketones (excluding diaryl/α,β-unsaturated/α-hetero) is 1. The van der Waals surface area contributed by atoms with E-state index in [1.54, 1.807) is 6.07 Å². The minimum Gasteiger partial charge on any atom is -0.472 e. The van der Waals surface area contributed by atoms with Crippen molar-refractivity contribution in [3.63, 3.8) is 0 Å². The Morgan fingerprint density at radius 3 is 2.42 bits per heavy atom. The van der Waals surface area contributed by atoms with Crippen LogP contribution in [-0.4, -0.2) is 50.0 Å². The van der Waals surface area contributed by atoms with Crippen LogP contribution in [0.15, 0.2) is 23.0 Å². The molecule has 36 heavy (non-hydrogen) atoms. The van der Waals surface area contributed by atoms with E-state index in [1.807, 2.05) is 13.8 Å². The van der Waals surface area contributed by atoms with E-state index >= 15 is 0 Å². The lowest BCUT2D eigenvalue weighted by Crippen LogP contribution is -2.64. The quantitative estimate of drug-likeness (QED) is 0.420. The summed E-state index contributed by atoms with van der Waals surface area (Å²) in [7, 11) is 2.50. The molecule has 0 spiro atoms. The maximum Gasteiger partial charge on any atom is 0.310 e. The number of rotatable bonds is 6. The molecule has 1 aromatic heterocycles. The number of furan rings is 1. The van der Waals surface area contributed by atoms with Gasteiger partial charge in [0.25, 0.3) is 0 Å². The first kappa shape index (κ1) is 25.9. The molecule has 7 atom stereocenters. The average molecular weight is 505 g/mol. The lowest BCUT2D eigenvalue weighted by Gasteiger charge is -2.61. The SMILES string of the molecule is COC(=O)CCC(=O)O[C@H]1C[C@@H](C(=O)OC)[C@]2(C)CC[C@H]3C(=O)O[C@H](c4ccoc4)C[C@]3(C)[C@H]2C1=O. The van der Waals surface area contributed by atoms with Gasteiger partial charge in [-0.2, -0.15) is 0 Å². The number of cyclic esters (lactones) is 1. The van der Waals surface area contributed by atoms with Gasteiger partial charge < -0.3 is 23.4 Å². The third-order valence-corrected chi connectivity index (χ3v) is 8.54. The predicted molar refractivity (Wildman–Crippen MR) is 121 cm³/mol. The van der Waals surface area contributed by atoms with Gasteiger partial charge in [0.15, 0.2) is 11.9 Å².